The molecule has 5 heteroatoms. The predicted octanol–water partition coefficient (Wildman–Crippen LogP) is 1.42. The third kappa shape index (κ3) is 2.90. The number of hydrogen-bond donors (Lipinski definition) is 3. The summed E-state index contributed by atoms with van der Waals surface area (Å²) in [5, 5.41) is 12.4. The molecule has 1 aromatic rings. The summed E-state index contributed by atoms with van der Waals surface area (Å²) in [6.07, 6.45) is 1.31. The average Bonchev–Trinajstić information content (AvgIpc) is 2.26. The van der Waals surface area contributed by atoms with E-state index in [0.29, 0.717) is 28.7 Å². The van der Waals surface area contributed by atoms with Crippen LogP contribution in [0.2, 0.25) is 5.02 Å². The number of nitrogens with two attached hydrogens (primary N) is 1. The van der Waals surface area contributed by atoms with Crippen molar-refractivity contribution < 1.29 is 9.90 Å². The molecule has 0 atom stereocenters. The summed E-state index contributed by atoms with van der Waals surface area (Å²) in [5.74, 6) is 0.153. The molecule has 4 nitrogen and oxygen atoms in total. The monoisotopic (exact) mass is 254 g/mol. The van der Waals surface area contributed by atoms with Crippen LogP contribution in [0.3, 0.4) is 0 Å². The van der Waals surface area contributed by atoms with Gasteiger partial charge >= 0.3 is 0 Å². The van der Waals surface area contributed by atoms with E-state index in [0.717, 1.165) is 12.8 Å². The van der Waals surface area contributed by atoms with Gasteiger partial charge in [-0.15, -0.1) is 0 Å². The van der Waals surface area contributed by atoms with Crippen LogP contribution in [0, 0.1) is 5.92 Å². The maximum Gasteiger partial charge on any atom is 0.253 e. The van der Waals surface area contributed by atoms with Crippen LogP contribution < -0.4 is 11.1 Å². The van der Waals surface area contributed by atoms with Gasteiger partial charge in [0.15, 0.2) is 0 Å². The molecule has 0 bridgehead atoms. The number of nitrogen functional groups attached to an aromatic ring is 1. The fourth-order valence-electron chi connectivity index (χ4n) is 1.92. The number of aliphatic hydroxyl groups is 1. The van der Waals surface area contributed by atoms with E-state index < -0.39 is 0 Å². The average molecular weight is 255 g/mol. The van der Waals surface area contributed by atoms with Gasteiger partial charge in [0.25, 0.3) is 5.91 Å². The van der Waals surface area contributed by atoms with Crippen LogP contribution in [0.4, 0.5) is 5.69 Å². The highest BCUT2D eigenvalue weighted by molar-refractivity contribution is 6.31. The third-order valence-electron chi connectivity index (χ3n) is 3.02. The zero-order valence-corrected chi connectivity index (χ0v) is 10.1. The summed E-state index contributed by atoms with van der Waals surface area (Å²) in [7, 11) is 0. The van der Waals surface area contributed by atoms with Gasteiger partial charge in [0, 0.05) is 17.3 Å². The van der Waals surface area contributed by atoms with Gasteiger partial charge in [-0.2, -0.15) is 0 Å². The minimum absolute atomic E-state index is 0.201. The summed E-state index contributed by atoms with van der Waals surface area (Å²) in [6, 6.07) is 4.82. The number of carbonyl (C=O) groups is 1. The fraction of sp³-hybridized carbons (Fsp3) is 0.417. The number of anilines is 1. The Hall–Kier alpha value is -1.26. The van der Waals surface area contributed by atoms with Gasteiger partial charge in [-0.25, -0.2) is 0 Å². The number of benzene rings is 1. The standard InChI is InChI=1S/C12H15ClN2O2/c13-8-1-2-11(14)10(5-8)12(17)15-6-7-3-9(16)4-7/h1-2,5,7,9,16H,3-4,6,14H2,(H,15,17). The quantitative estimate of drug-likeness (QED) is 0.714. The second kappa shape index (κ2) is 4.94. The Bertz CT molecular complexity index is 431. The third-order valence-corrected chi connectivity index (χ3v) is 3.26. The molecule has 0 saturated heterocycles. The van der Waals surface area contributed by atoms with Crippen LogP contribution in [-0.2, 0) is 0 Å². The van der Waals surface area contributed by atoms with Crippen LogP contribution in [0.15, 0.2) is 18.2 Å². The highest BCUT2D eigenvalue weighted by atomic mass is 35.5. The molecule has 1 amide bonds. The lowest BCUT2D eigenvalue weighted by atomic mass is 9.82. The molecular formula is C12H15ClN2O2. The molecule has 0 aromatic heterocycles. The SMILES string of the molecule is Nc1ccc(Cl)cc1C(=O)NCC1CC(O)C1. The molecule has 1 saturated carbocycles. The summed E-state index contributed by atoms with van der Waals surface area (Å²) >= 11 is 5.81. The molecule has 0 radical (unpaired) electrons. The van der Waals surface area contributed by atoms with Crippen molar-refractivity contribution in [3.63, 3.8) is 0 Å². The number of halogens is 1. The van der Waals surface area contributed by atoms with Gasteiger partial charge in [-0.3, -0.25) is 4.79 Å². The van der Waals surface area contributed by atoms with Crippen molar-refractivity contribution in [3.8, 4) is 0 Å². The molecule has 17 heavy (non-hydrogen) atoms. The van der Waals surface area contributed by atoms with E-state index in [4.69, 9.17) is 22.4 Å². The van der Waals surface area contributed by atoms with Crippen LogP contribution in [0.1, 0.15) is 23.2 Å². The highest BCUT2D eigenvalue weighted by Crippen LogP contribution is 2.26. The lowest BCUT2D eigenvalue weighted by Crippen LogP contribution is -2.38. The lowest BCUT2D eigenvalue weighted by Gasteiger charge is -2.31. The summed E-state index contributed by atoms with van der Waals surface area (Å²) in [4.78, 5) is 11.8. The van der Waals surface area contributed by atoms with Crippen molar-refractivity contribution >= 4 is 23.2 Å². The topological polar surface area (TPSA) is 75.4 Å². The van der Waals surface area contributed by atoms with Crippen molar-refractivity contribution in [2.75, 3.05) is 12.3 Å². The fourth-order valence-corrected chi connectivity index (χ4v) is 2.10. The van der Waals surface area contributed by atoms with E-state index >= 15 is 0 Å². The van der Waals surface area contributed by atoms with Crippen LogP contribution in [0.5, 0.6) is 0 Å². The zero-order chi connectivity index (χ0) is 12.4. The largest absolute Gasteiger partial charge is 0.398 e. The molecule has 1 aromatic carbocycles. The van der Waals surface area contributed by atoms with Gasteiger partial charge in [0.2, 0.25) is 0 Å². The number of hydrogen-bond acceptors (Lipinski definition) is 3. The number of carbonyl (C=O) groups excluding carboxylic acids is 1. The summed E-state index contributed by atoms with van der Waals surface area (Å²) in [5.41, 5.74) is 6.52. The van der Waals surface area contributed by atoms with E-state index in [1.165, 1.54) is 0 Å². The Labute approximate surface area is 105 Å². The molecule has 0 heterocycles. The van der Waals surface area contributed by atoms with E-state index in [2.05, 4.69) is 5.32 Å². The van der Waals surface area contributed by atoms with Crippen molar-refractivity contribution in [2.45, 2.75) is 18.9 Å². The normalized spacial score (nSPS) is 22.9. The molecule has 2 rings (SSSR count). The van der Waals surface area contributed by atoms with Crippen molar-refractivity contribution in [1.82, 2.24) is 5.32 Å². The first-order valence-electron chi connectivity index (χ1n) is 5.57. The smallest absolute Gasteiger partial charge is 0.253 e. The van der Waals surface area contributed by atoms with E-state index in [1.54, 1.807) is 18.2 Å². The van der Waals surface area contributed by atoms with Crippen LogP contribution in [0.25, 0.3) is 0 Å². The molecule has 1 aliphatic rings. The number of nitrogens with one attached hydrogen (secondary N) is 1. The first-order chi connectivity index (χ1) is 8.06. The first kappa shape index (κ1) is 12.2. The van der Waals surface area contributed by atoms with Crippen LogP contribution >= 0.6 is 11.6 Å². The Morgan fingerprint density at radius 3 is 2.88 bits per heavy atom. The Morgan fingerprint density at radius 1 is 1.53 bits per heavy atom. The number of rotatable bonds is 3. The molecule has 4 N–H and O–H groups in total. The Balaban J connectivity index is 1.92. The Morgan fingerprint density at radius 2 is 2.24 bits per heavy atom. The first-order valence-corrected chi connectivity index (χ1v) is 5.95. The molecule has 0 spiro atoms. The molecule has 92 valence electrons. The minimum atomic E-state index is -0.216. The molecular weight excluding hydrogens is 240 g/mol. The van der Waals surface area contributed by atoms with E-state index in [9.17, 15) is 4.79 Å². The Kier molecular flexibility index (Phi) is 3.54. The maximum atomic E-state index is 11.8. The van der Waals surface area contributed by atoms with Gasteiger partial charge in [0.05, 0.1) is 11.7 Å². The second-order valence-electron chi connectivity index (χ2n) is 4.43. The van der Waals surface area contributed by atoms with Crippen molar-refractivity contribution in [3.05, 3.63) is 28.8 Å². The number of amides is 1. The maximum absolute atomic E-state index is 11.8. The second-order valence-corrected chi connectivity index (χ2v) is 4.87. The van der Waals surface area contributed by atoms with Gasteiger partial charge < -0.3 is 16.2 Å². The summed E-state index contributed by atoms with van der Waals surface area (Å²) < 4.78 is 0. The van der Waals surface area contributed by atoms with Gasteiger partial charge in [-0.1, -0.05) is 11.6 Å². The molecule has 0 unspecified atom stereocenters. The molecule has 1 fully saturated rings. The van der Waals surface area contributed by atoms with E-state index in [-0.39, 0.29) is 12.0 Å². The minimum Gasteiger partial charge on any atom is -0.398 e. The van der Waals surface area contributed by atoms with Crippen molar-refractivity contribution in [1.29, 1.82) is 0 Å². The van der Waals surface area contributed by atoms with Crippen molar-refractivity contribution in [2.24, 2.45) is 5.92 Å². The lowest BCUT2D eigenvalue weighted by molar-refractivity contribution is 0.0420. The van der Waals surface area contributed by atoms with Crippen LogP contribution in [-0.4, -0.2) is 23.7 Å². The number of aliphatic hydroxyl groups excluding tert-OH is 1. The molecule has 0 aliphatic heterocycles. The molecule has 1 aliphatic carbocycles. The van der Waals surface area contributed by atoms with Gasteiger partial charge in [-0.05, 0) is 37.0 Å². The zero-order valence-electron chi connectivity index (χ0n) is 9.32. The van der Waals surface area contributed by atoms with Gasteiger partial charge in [0.1, 0.15) is 0 Å². The van der Waals surface area contributed by atoms with E-state index in [1.807, 2.05) is 0 Å². The summed E-state index contributed by atoms with van der Waals surface area (Å²) in [6.45, 7) is 0.571. The predicted molar refractivity (Wildman–Crippen MR) is 66.9 cm³/mol. The highest BCUT2D eigenvalue weighted by Gasteiger charge is 2.27.